The third kappa shape index (κ3) is 5.14. The largest absolute Gasteiger partial charge is 0.339 e. The van der Waals surface area contributed by atoms with Crippen molar-refractivity contribution in [2.24, 2.45) is 0 Å². The highest BCUT2D eigenvalue weighted by Crippen LogP contribution is 2.18. The van der Waals surface area contributed by atoms with Crippen LogP contribution < -0.4 is 5.48 Å². The van der Waals surface area contributed by atoms with Gasteiger partial charge in [0.15, 0.2) is 0 Å². The summed E-state index contributed by atoms with van der Waals surface area (Å²) in [5.41, 5.74) is 4.18. The molecule has 6 nitrogen and oxygen atoms in total. The zero-order valence-corrected chi connectivity index (χ0v) is 14.1. The molecule has 0 aliphatic rings. The van der Waals surface area contributed by atoms with Crippen LogP contribution in [-0.4, -0.2) is 16.0 Å². The van der Waals surface area contributed by atoms with Crippen molar-refractivity contribution < 1.29 is 14.2 Å². The number of benzene rings is 2. The van der Waals surface area contributed by atoms with Crippen molar-refractivity contribution in [2.75, 3.05) is 0 Å². The first kappa shape index (κ1) is 17.1. The van der Waals surface area contributed by atoms with Crippen LogP contribution in [-0.2, 0) is 22.7 Å². The molecule has 7 heteroatoms. The van der Waals surface area contributed by atoms with Crippen molar-refractivity contribution in [1.29, 1.82) is 0 Å². The molecule has 1 N–H and O–H groups in total. The third-order valence-corrected chi connectivity index (χ3v) is 3.66. The number of hydroxylamine groups is 1. The van der Waals surface area contributed by atoms with E-state index < -0.39 is 0 Å². The summed E-state index contributed by atoms with van der Waals surface area (Å²) >= 11 is 5.85. The average Bonchev–Trinajstić information content (AvgIpc) is 3.10. The number of rotatable bonds is 7. The van der Waals surface area contributed by atoms with Crippen molar-refractivity contribution in [3.8, 4) is 11.4 Å². The summed E-state index contributed by atoms with van der Waals surface area (Å²) in [5, 5.41) is 4.54. The number of amides is 1. The van der Waals surface area contributed by atoms with Crippen LogP contribution in [0.15, 0.2) is 59.1 Å². The molecule has 0 unspecified atom stereocenters. The van der Waals surface area contributed by atoms with Gasteiger partial charge in [0, 0.05) is 23.4 Å². The molecule has 25 heavy (non-hydrogen) atoms. The van der Waals surface area contributed by atoms with E-state index in [-0.39, 0.29) is 12.3 Å². The van der Waals surface area contributed by atoms with E-state index >= 15 is 0 Å². The van der Waals surface area contributed by atoms with Gasteiger partial charge in [0.25, 0.3) is 0 Å². The fraction of sp³-hybridized carbons (Fsp3) is 0.167. The van der Waals surface area contributed by atoms with Crippen molar-refractivity contribution in [1.82, 2.24) is 15.6 Å². The molecule has 0 saturated heterocycles. The molecule has 1 heterocycles. The predicted molar refractivity (Wildman–Crippen MR) is 92.4 cm³/mol. The summed E-state index contributed by atoms with van der Waals surface area (Å²) in [6.07, 6.45) is 0.526. The van der Waals surface area contributed by atoms with Crippen molar-refractivity contribution in [3.05, 3.63) is 71.1 Å². The topological polar surface area (TPSA) is 77.2 Å². The van der Waals surface area contributed by atoms with Gasteiger partial charge < -0.3 is 4.52 Å². The van der Waals surface area contributed by atoms with Gasteiger partial charge >= 0.3 is 0 Å². The van der Waals surface area contributed by atoms with Crippen LogP contribution in [0.2, 0.25) is 5.02 Å². The minimum atomic E-state index is -0.248. The Balaban J connectivity index is 1.44. The SMILES string of the molecule is O=C(CCc1nc(-c2ccc(Cl)cc2)no1)NOCc1ccccc1. The molecule has 0 aliphatic carbocycles. The lowest BCUT2D eigenvalue weighted by molar-refractivity contribution is -0.134. The summed E-state index contributed by atoms with van der Waals surface area (Å²) in [7, 11) is 0. The smallest absolute Gasteiger partial charge is 0.244 e. The van der Waals surface area contributed by atoms with Crippen molar-refractivity contribution >= 4 is 17.5 Å². The van der Waals surface area contributed by atoms with Crippen LogP contribution in [0, 0.1) is 0 Å². The summed E-state index contributed by atoms with van der Waals surface area (Å²) in [6.45, 7) is 0.313. The normalized spacial score (nSPS) is 10.6. The van der Waals surface area contributed by atoms with Crippen LogP contribution in [0.1, 0.15) is 17.9 Å². The highest BCUT2D eigenvalue weighted by molar-refractivity contribution is 6.30. The first-order valence-corrected chi connectivity index (χ1v) is 8.11. The number of aromatic nitrogens is 2. The molecule has 0 spiro atoms. The predicted octanol–water partition coefficient (Wildman–Crippen LogP) is 3.57. The Morgan fingerprint density at radius 2 is 1.88 bits per heavy atom. The first-order chi connectivity index (χ1) is 12.2. The zero-order chi connectivity index (χ0) is 17.5. The van der Waals surface area contributed by atoms with E-state index in [0.29, 0.717) is 29.8 Å². The molecule has 0 saturated carbocycles. The monoisotopic (exact) mass is 357 g/mol. The molecule has 2 aromatic carbocycles. The molecule has 128 valence electrons. The Kier molecular flexibility index (Phi) is 5.77. The third-order valence-electron chi connectivity index (χ3n) is 3.40. The summed E-state index contributed by atoms with van der Waals surface area (Å²) in [4.78, 5) is 21.2. The molecule has 3 rings (SSSR count). The van der Waals surface area contributed by atoms with Gasteiger partial charge in [-0.25, -0.2) is 5.48 Å². The molecule has 1 aromatic heterocycles. The number of hydrogen-bond acceptors (Lipinski definition) is 5. The summed E-state index contributed by atoms with van der Waals surface area (Å²) in [5.74, 6) is 0.609. The molecule has 0 radical (unpaired) electrons. The molecule has 0 atom stereocenters. The second-order valence-electron chi connectivity index (χ2n) is 5.32. The van der Waals surface area contributed by atoms with Crippen LogP contribution in [0.3, 0.4) is 0 Å². The summed E-state index contributed by atoms with van der Waals surface area (Å²) in [6, 6.07) is 16.7. The van der Waals surface area contributed by atoms with Gasteiger partial charge in [-0.15, -0.1) is 0 Å². The molecule has 0 fully saturated rings. The van der Waals surface area contributed by atoms with Gasteiger partial charge in [0.05, 0.1) is 6.61 Å². The molecule has 1 amide bonds. The number of nitrogens with zero attached hydrogens (tertiary/aromatic N) is 2. The lowest BCUT2D eigenvalue weighted by Gasteiger charge is -2.04. The minimum absolute atomic E-state index is 0.192. The molecule has 0 aliphatic heterocycles. The second kappa shape index (κ2) is 8.41. The maximum Gasteiger partial charge on any atom is 0.244 e. The fourth-order valence-corrected chi connectivity index (χ4v) is 2.24. The number of halogens is 1. The number of hydrogen-bond donors (Lipinski definition) is 1. The van der Waals surface area contributed by atoms with Crippen molar-refractivity contribution in [3.63, 3.8) is 0 Å². The van der Waals surface area contributed by atoms with Gasteiger partial charge in [-0.2, -0.15) is 4.98 Å². The van der Waals surface area contributed by atoms with E-state index in [1.807, 2.05) is 30.3 Å². The van der Waals surface area contributed by atoms with Crippen LogP contribution in [0.5, 0.6) is 0 Å². The van der Waals surface area contributed by atoms with Gasteiger partial charge in [-0.3, -0.25) is 9.63 Å². The number of aryl methyl sites for hydroxylation is 1. The lowest BCUT2D eigenvalue weighted by atomic mass is 10.2. The van der Waals surface area contributed by atoms with Gasteiger partial charge in [-0.1, -0.05) is 47.1 Å². The van der Waals surface area contributed by atoms with Gasteiger partial charge in [0.2, 0.25) is 17.6 Å². The maximum absolute atomic E-state index is 11.8. The van der Waals surface area contributed by atoms with E-state index in [2.05, 4.69) is 15.6 Å². The molecular weight excluding hydrogens is 342 g/mol. The van der Waals surface area contributed by atoms with Crippen molar-refractivity contribution in [2.45, 2.75) is 19.4 Å². The minimum Gasteiger partial charge on any atom is -0.339 e. The maximum atomic E-state index is 11.8. The number of carbonyl (C=O) groups is 1. The second-order valence-corrected chi connectivity index (χ2v) is 5.75. The average molecular weight is 358 g/mol. The standard InChI is InChI=1S/C18H16ClN3O3/c19-15-8-6-14(7-9-15)18-20-17(25-22-18)11-10-16(23)21-24-12-13-4-2-1-3-5-13/h1-9H,10-12H2,(H,21,23). The van der Waals surface area contributed by atoms with Crippen LogP contribution in [0.25, 0.3) is 11.4 Å². The first-order valence-electron chi connectivity index (χ1n) is 7.74. The highest BCUT2D eigenvalue weighted by atomic mass is 35.5. The van der Waals surface area contributed by atoms with Gasteiger partial charge in [-0.05, 0) is 29.8 Å². The quantitative estimate of drug-likeness (QED) is 0.654. The Bertz CT molecular complexity index is 819. The van der Waals surface area contributed by atoms with E-state index in [4.69, 9.17) is 21.0 Å². The van der Waals surface area contributed by atoms with E-state index in [1.165, 1.54) is 0 Å². The van der Waals surface area contributed by atoms with Gasteiger partial charge in [0.1, 0.15) is 0 Å². The Morgan fingerprint density at radius 1 is 1.12 bits per heavy atom. The van der Waals surface area contributed by atoms with E-state index in [0.717, 1.165) is 11.1 Å². The Labute approximate surface area is 149 Å². The lowest BCUT2D eigenvalue weighted by Crippen LogP contribution is -2.23. The fourth-order valence-electron chi connectivity index (χ4n) is 2.12. The van der Waals surface area contributed by atoms with Crippen LogP contribution >= 0.6 is 11.6 Å². The Hall–Kier alpha value is -2.70. The molecular formula is C18H16ClN3O3. The zero-order valence-electron chi connectivity index (χ0n) is 13.3. The molecule has 0 bridgehead atoms. The van der Waals surface area contributed by atoms with Crippen LogP contribution in [0.4, 0.5) is 0 Å². The summed E-state index contributed by atoms with van der Waals surface area (Å²) < 4.78 is 5.16. The number of carbonyl (C=O) groups excluding carboxylic acids is 1. The Morgan fingerprint density at radius 3 is 2.64 bits per heavy atom. The number of nitrogens with one attached hydrogen (secondary N) is 1. The molecule has 3 aromatic rings. The van der Waals surface area contributed by atoms with E-state index in [1.54, 1.807) is 24.3 Å². The van der Waals surface area contributed by atoms with E-state index in [9.17, 15) is 4.79 Å². The highest BCUT2D eigenvalue weighted by Gasteiger charge is 2.10.